The first-order valence-electron chi connectivity index (χ1n) is 7.41. The van der Waals surface area contributed by atoms with Gasteiger partial charge in [-0.25, -0.2) is 0 Å². The van der Waals surface area contributed by atoms with Gasteiger partial charge in [0.25, 0.3) is 0 Å². The summed E-state index contributed by atoms with van der Waals surface area (Å²) in [6, 6.07) is 10.6. The topological polar surface area (TPSA) is 17.8 Å². The lowest BCUT2D eigenvalue weighted by Gasteiger charge is -2.20. The van der Waals surface area contributed by atoms with Gasteiger partial charge in [0.1, 0.15) is 0 Å². The van der Waals surface area contributed by atoms with E-state index in [2.05, 4.69) is 86.4 Å². The van der Waals surface area contributed by atoms with E-state index in [9.17, 15) is 0 Å². The molecule has 2 rings (SSSR count). The van der Waals surface area contributed by atoms with E-state index in [4.69, 9.17) is 5.10 Å². The maximum atomic E-state index is 4.88. The quantitative estimate of drug-likeness (QED) is 0.720. The second-order valence-corrected chi connectivity index (χ2v) is 8.52. The minimum atomic E-state index is 0.0686. The third-order valence-electron chi connectivity index (χ3n) is 3.59. The number of benzene rings is 1. The number of nitrogens with zero attached hydrogens (tertiary/aromatic N) is 2. The molecule has 0 N–H and O–H groups in total. The van der Waals surface area contributed by atoms with E-state index in [0.29, 0.717) is 0 Å². The predicted molar refractivity (Wildman–Crippen MR) is 92.9 cm³/mol. The van der Waals surface area contributed by atoms with Gasteiger partial charge < -0.3 is 0 Å². The Morgan fingerprint density at radius 1 is 1.00 bits per heavy atom. The van der Waals surface area contributed by atoms with Crippen molar-refractivity contribution < 1.29 is 0 Å². The Bertz CT molecular complexity index is 627. The molecular weight excluding hydrogens is 324 g/mol. The summed E-state index contributed by atoms with van der Waals surface area (Å²) in [4.78, 5) is 0. The van der Waals surface area contributed by atoms with Crippen molar-refractivity contribution in [2.75, 3.05) is 0 Å². The van der Waals surface area contributed by atoms with Gasteiger partial charge in [0.15, 0.2) is 0 Å². The Kier molecular flexibility index (Phi) is 4.34. The minimum absolute atomic E-state index is 0.0686. The molecule has 2 aromatic rings. The summed E-state index contributed by atoms with van der Waals surface area (Å²) >= 11 is 3.63. The number of rotatable bonds is 2. The van der Waals surface area contributed by atoms with E-state index >= 15 is 0 Å². The Labute approximate surface area is 136 Å². The van der Waals surface area contributed by atoms with Crippen molar-refractivity contribution in [2.45, 2.75) is 58.9 Å². The molecule has 0 spiro atoms. The smallest absolute Gasteiger partial charge is 0.0681 e. The zero-order chi connectivity index (χ0) is 15.8. The molecule has 0 aliphatic heterocycles. The highest BCUT2D eigenvalue weighted by molar-refractivity contribution is 9.10. The van der Waals surface area contributed by atoms with E-state index in [0.717, 1.165) is 16.7 Å². The van der Waals surface area contributed by atoms with Gasteiger partial charge in [-0.15, -0.1) is 0 Å². The van der Waals surface area contributed by atoms with Gasteiger partial charge in [-0.3, -0.25) is 4.68 Å². The summed E-state index contributed by atoms with van der Waals surface area (Å²) in [5.41, 5.74) is 3.84. The highest BCUT2D eigenvalue weighted by Gasteiger charge is 2.25. The fourth-order valence-electron chi connectivity index (χ4n) is 2.30. The van der Waals surface area contributed by atoms with Gasteiger partial charge in [-0.2, -0.15) is 5.10 Å². The summed E-state index contributed by atoms with van der Waals surface area (Å²) in [7, 11) is 0. The van der Waals surface area contributed by atoms with Crippen LogP contribution in [0.2, 0.25) is 0 Å². The monoisotopic (exact) mass is 348 g/mol. The van der Waals surface area contributed by atoms with Crippen molar-refractivity contribution in [3.63, 3.8) is 0 Å². The molecule has 0 aliphatic carbocycles. The van der Waals surface area contributed by atoms with Crippen LogP contribution in [0.3, 0.4) is 0 Å². The Morgan fingerprint density at radius 2 is 1.62 bits per heavy atom. The third-order valence-corrected chi connectivity index (χ3v) is 4.37. The molecule has 0 amide bonds. The lowest BCUT2D eigenvalue weighted by atomic mass is 9.88. The molecule has 0 saturated carbocycles. The average Bonchev–Trinajstić information content (AvgIpc) is 2.75. The van der Waals surface area contributed by atoms with Crippen LogP contribution in [0.1, 0.15) is 58.5 Å². The van der Waals surface area contributed by atoms with Crippen LogP contribution in [-0.2, 0) is 17.4 Å². The van der Waals surface area contributed by atoms with Gasteiger partial charge in [-0.05, 0) is 17.7 Å². The summed E-state index contributed by atoms with van der Waals surface area (Å²) < 4.78 is 3.29. The van der Waals surface area contributed by atoms with E-state index in [1.807, 2.05) is 6.07 Å². The Morgan fingerprint density at radius 3 is 2.14 bits per heavy atom. The molecular formula is C18H25BrN2. The van der Waals surface area contributed by atoms with Gasteiger partial charge in [0.2, 0.25) is 0 Å². The van der Waals surface area contributed by atoms with Crippen LogP contribution in [-0.4, -0.2) is 9.78 Å². The summed E-state index contributed by atoms with van der Waals surface area (Å²) in [5, 5.41) is 4.88. The molecule has 1 aromatic heterocycles. The third kappa shape index (κ3) is 3.76. The van der Waals surface area contributed by atoms with E-state index in [1.165, 1.54) is 11.3 Å². The first kappa shape index (κ1) is 16.3. The zero-order valence-corrected chi connectivity index (χ0v) is 15.5. The molecule has 0 radical (unpaired) electrons. The number of hydrogen-bond donors (Lipinski definition) is 0. The maximum absolute atomic E-state index is 4.88. The van der Waals surface area contributed by atoms with Gasteiger partial charge in [0, 0.05) is 21.0 Å². The lowest BCUT2D eigenvalue weighted by Crippen LogP contribution is -2.19. The molecule has 21 heavy (non-hydrogen) atoms. The normalized spacial score (nSPS) is 12.7. The number of hydrogen-bond acceptors (Lipinski definition) is 1. The van der Waals surface area contributed by atoms with Crippen molar-refractivity contribution in [3.05, 3.63) is 51.8 Å². The van der Waals surface area contributed by atoms with Gasteiger partial charge in [0.05, 0.1) is 12.2 Å². The zero-order valence-electron chi connectivity index (χ0n) is 13.9. The minimum Gasteiger partial charge on any atom is -0.264 e. The van der Waals surface area contributed by atoms with Crippen LogP contribution in [0.5, 0.6) is 0 Å². The number of aromatic nitrogens is 2. The Balaban J connectivity index is 2.47. The molecule has 0 atom stereocenters. The van der Waals surface area contributed by atoms with Crippen molar-refractivity contribution in [2.24, 2.45) is 0 Å². The molecule has 0 unspecified atom stereocenters. The second-order valence-electron chi connectivity index (χ2n) is 7.66. The lowest BCUT2D eigenvalue weighted by molar-refractivity contribution is 0.495. The summed E-state index contributed by atoms with van der Waals surface area (Å²) in [6.07, 6.45) is 0. The molecule has 1 heterocycles. The molecule has 2 nitrogen and oxygen atoms in total. The SMILES string of the molecule is CC(C)(C)c1cc(C(C)(C)C)n(Cc2ccccc2Br)n1. The molecule has 0 fully saturated rings. The van der Waals surface area contributed by atoms with Crippen LogP contribution in [0, 0.1) is 0 Å². The molecule has 0 saturated heterocycles. The highest BCUT2D eigenvalue weighted by atomic mass is 79.9. The van der Waals surface area contributed by atoms with Crippen molar-refractivity contribution >= 4 is 15.9 Å². The maximum Gasteiger partial charge on any atom is 0.0681 e. The fourth-order valence-corrected chi connectivity index (χ4v) is 2.71. The predicted octanol–water partition coefficient (Wildman–Crippen LogP) is 5.29. The molecule has 0 bridgehead atoms. The van der Waals surface area contributed by atoms with Gasteiger partial charge >= 0.3 is 0 Å². The molecule has 114 valence electrons. The van der Waals surface area contributed by atoms with Gasteiger partial charge in [-0.1, -0.05) is 75.7 Å². The van der Waals surface area contributed by atoms with Crippen LogP contribution in [0.15, 0.2) is 34.8 Å². The highest BCUT2D eigenvalue weighted by Crippen LogP contribution is 2.29. The van der Waals surface area contributed by atoms with E-state index < -0.39 is 0 Å². The number of halogens is 1. The Hall–Kier alpha value is -1.09. The molecule has 1 aromatic carbocycles. The standard InChI is InChI=1S/C18H25BrN2/c1-17(2,3)15-11-16(18(4,5)6)21(20-15)12-13-9-7-8-10-14(13)19/h7-11H,12H2,1-6H3. The second kappa shape index (κ2) is 5.60. The summed E-state index contributed by atoms with van der Waals surface area (Å²) in [6.45, 7) is 14.2. The van der Waals surface area contributed by atoms with E-state index in [1.54, 1.807) is 0 Å². The van der Waals surface area contributed by atoms with Crippen LogP contribution in [0.25, 0.3) is 0 Å². The van der Waals surface area contributed by atoms with Crippen molar-refractivity contribution in [1.82, 2.24) is 9.78 Å². The molecule has 3 heteroatoms. The summed E-state index contributed by atoms with van der Waals surface area (Å²) in [5.74, 6) is 0. The largest absolute Gasteiger partial charge is 0.264 e. The van der Waals surface area contributed by atoms with Crippen LogP contribution < -0.4 is 0 Å². The van der Waals surface area contributed by atoms with E-state index in [-0.39, 0.29) is 10.8 Å². The average molecular weight is 349 g/mol. The molecule has 0 aliphatic rings. The first-order valence-corrected chi connectivity index (χ1v) is 8.20. The van der Waals surface area contributed by atoms with Crippen LogP contribution in [0.4, 0.5) is 0 Å². The first-order chi connectivity index (χ1) is 9.59. The van der Waals surface area contributed by atoms with Crippen LogP contribution >= 0.6 is 15.9 Å². The van der Waals surface area contributed by atoms with Crippen molar-refractivity contribution in [1.29, 1.82) is 0 Å². The van der Waals surface area contributed by atoms with Crippen molar-refractivity contribution in [3.8, 4) is 0 Å². The fraction of sp³-hybridized carbons (Fsp3) is 0.500.